The molecule has 154 valence electrons. The molecule has 3 rings (SSSR count). The van der Waals surface area contributed by atoms with Crippen molar-refractivity contribution in [3.8, 4) is 5.75 Å². The van der Waals surface area contributed by atoms with Crippen LogP contribution in [0.25, 0.3) is 6.08 Å². The summed E-state index contributed by atoms with van der Waals surface area (Å²) in [4.78, 5) is 26.1. The number of carbonyl (C=O) groups excluding carboxylic acids is 2. The fraction of sp³-hybridized carbons (Fsp3) is 0.364. The second-order valence-corrected chi connectivity index (χ2v) is 7.03. The number of nitrogens with zero attached hydrogens (tertiary/aromatic N) is 1. The van der Waals surface area contributed by atoms with Crippen molar-refractivity contribution in [3.63, 3.8) is 0 Å². The molecule has 0 spiro atoms. The summed E-state index contributed by atoms with van der Waals surface area (Å²) >= 11 is 0. The molecule has 0 saturated carbocycles. The lowest BCUT2D eigenvalue weighted by atomic mass is 9.97. The van der Waals surface area contributed by atoms with Crippen LogP contribution in [-0.2, 0) is 11.3 Å². The Balaban J connectivity index is 1.32. The van der Waals surface area contributed by atoms with Crippen LogP contribution < -0.4 is 15.4 Å². The van der Waals surface area contributed by atoms with E-state index in [-0.39, 0.29) is 11.9 Å². The van der Waals surface area contributed by atoms with Crippen LogP contribution in [0.2, 0.25) is 0 Å². The summed E-state index contributed by atoms with van der Waals surface area (Å²) in [6, 6.07) is 11.0. The van der Waals surface area contributed by atoms with E-state index in [1.165, 1.54) is 0 Å². The fourth-order valence-electron chi connectivity index (χ4n) is 3.23. The summed E-state index contributed by atoms with van der Waals surface area (Å²) in [5.74, 6) is 1.82. The monoisotopic (exact) mass is 397 g/mol. The van der Waals surface area contributed by atoms with Gasteiger partial charge in [-0.1, -0.05) is 12.1 Å². The van der Waals surface area contributed by atoms with Crippen molar-refractivity contribution in [1.82, 2.24) is 15.5 Å². The minimum Gasteiger partial charge on any atom is -0.497 e. The number of ether oxygens (including phenoxy) is 1. The number of carbonyl (C=O) groups is 2. The molecule has 0 radical (unpaired) electrons. The highest BCUT2D eigenvalue weighted by Crippen LogP contribution is 2.17. The van der Waals surface area contributed by atoms with Gasteiger partial charge in [0, 0.05) is 32.3 Å². The van der Waals surface area contributed by atoms with Gasteiger partial charge in [0.25, 0.3) is 0 Å². The number of hydrogen-bond acceptors (Lipinski definition) is 4. The molecule has 1 aromatic heterocycles. The van der Waals surface area contributed by atoms with Crippen LogP contribution in [-0.4, -0.2) is 43.6 Å². The lowest BCUT2D eigenvalue weighted by molar-refractivity contribution is -0.127. The van der Waals surface area contributed by atoms with Crippen molar-refractivity contribution in [2.45, 2.75) is 19.4 Å². The van der Waals surface area contributed by atoms with Gasteiger partial charge in [0.15, 0.2) is 0 Å². The first-order valence-corrected chi connectivity index (χ1v) is 9.79. The number of rotatable bonds is 7. The zero-order chi connectivity index (χ0) is 20.5. The molecule has 1 aliphatic heterocycles. The molecule has 3 amide bonds. The number of piperidine rings is 1. The molecule has 1 saturated heterocycles. The number of hydrogen-bond donors (Lipinski definition) is 2. The van der Waals surface area contributed by atoms with E-state index in [4.69, 9.17) is 9.15 Å². The van der Waals surface area contributed by atoms with E-state index >= 15 is 0 Å². The van der Waals surface area contributed by atoms with Crippen LogP contribution in [0.1, 0.15) is 24.2 Å². The van der Waals surface area contributed by atoms with Gasteiger partial charge >= 0.3 is 6.03 Å². The first-order chi connectivity index (χ1) is 14.1. The molecule has 7 nitrogen and oxygen atoms in total. The van der Waals surface area contributed by atoms with Gasteiger partial charge in [-0.05, 0) is 54.7 Å². The van der Waals surface area contributed by atoms with E-state index in [2.05, 4.69) is 10.6 Å². The molecule has 29 heavy (non-hydrogen) atoms. The summed E-state index contributed by atoms with van der Waals surface area (Å²) in [5, 5.41) is 5.79. The summed E-state index contributed by atoms with van der Waals surface area (Å²) in [6.07, 6.45) is 6.56. The SMILES string of the molecule is COc1ccc(CNC(=O)NCC2CCN(C(=O)C=Cc3ccco3)CC2)cc1. The summed E-state index contributed by atoms with van der Waals surface area (Å²) in [6.45, 7) is 2.46. The third kappa shape index (κ3) is 6.41. The third-order valence-corrected chi connectivity index (χ3v) is 5.02. The first-order valence-electron chi connectivity index (χ1n) is 9.79. The number of benzene rings is 1. The third-order valence-electron chi connectivity index (χ3n) is 5.02. The predicted molar refractivity (Wildman–Crippen MR) is 110 cm³/mol. The Morgan fingerprint density at radius 2 is 1.93 bits per heavy atom. The Morgan fingerprint density at radius 3 is 2.59 bits per heavy atom. The van der Waals surface area contributed by atoms with Crippen molar-refractivity contribution in [1.29, 1.82) is 0 Å². The number of likely N-dealkylation sites (tertiary alicyclic amines) is 1. The van der Waals surface area contributed by atoms with Gasteiger partial charge in [0.1, 0.15) is 11.5 Å². The van der Waals surface area contributed by atoms with Crippen LogP contribution in [0.3, 0.4) is 0 Å². The van der Waals surface area contributed by atoms with Gasteiger partial charge in [0.05, 0.1) is 13.4 Å². The number of methoxy groups -OCH3 is 1. The molecule has 2 N–H and O–H groups in total. The number of furan rings is 1. The largest absolute Gasteiger partial charge is 0.497 e. The molecule has 1 aliphatic rings. The van der Waals surface area contributed by atoms with Crippen LogP contribution in [0, 0.1) is 5.92 Å². The first kappa shape index (κ1) is 20.5. The van der Waals surface area contributed by atoms with E-state index in [1.807, 2.05) is 29.2 Å². The normalized spacial score (nSPS) is 14.7. The highest BCUT2D eigenvalue weighted by atomic mass is 16.5. The number of amides is 3. The maximum atomic E-state index is 12.2. The van der Waals surface area contributed by atoms with E-state index in [0.29, 0.717) is 37.9 Å². The molecule has 0 unspecified atom stereocenters. The minimum atomic E-state index is -0.180. The summed E-state index contributed by atoms with van der Waals surface area (Å²) in [7, 11) is 1.62. The lowest BCUT2D eigenvalue weighted by Gasteiger charge is -2.31. The molecule has 2 aromatic rings. The van der Waals surface area contributed by atoms with Gasteiger partial charge in [-0.15, -0.1) is 0 Å². The number of nitrogens with one attached hydrogen (secondary N) is 2. The quantitative estimate of drug-likeness (QED) is 0.704. The van der Waals surface area contributed by atoms with Crippen molar-refractivity contribution >= 4 is 18.0 Å². The Morgan fingerprint density at radius 1 is 1.17 bits per heavy atom. The summed E-state index contributed by atoms with van der Waals surface area (Å²) < 4.78 is 10.3. The van der Waals surface area contributed by atoms with Crippen LogP contribution in [0.5, 0.6) is 5.75 Å². The second-order valence-electron chi connectivity index (χ2n) is 7.03. The molecule has 7 heteroatoms. The van der Waals surface area contributed by atoms with E-state index in [1.54, 1.807) is 37.7 Å². The Kier molecular flexibility index (Phi) is 7.33. The summed E-state index contributed by atoms with van der Waals surface area (Å²) in [5.41, 5.74) is 1.01. The molecular formula is C22H27N3O4. The molecule has 0 atom stereocenters. The maximum absolute atomic E-state index is 12.2. The van der Waals surface area contributed by atoms with Crippen LogP contribution in [0.15, 0.2) is 53.2 Å². The van der Waals surface area contributed by atoms with Crippen molar-refractivity contribution in [2.75, 3.05) is 26.7 Å². The van der Waals surface area contributed by atoms with Gasteiger partial charge in [-0.2, -0.15) is 0 Å². The molecule has 2 heterocycles. The molecule has 0 aliphatic carbocycles. The molecule has 1 aromatic carbocycles. The standard InChI is InChI=1S/C22H27N3O4/c1-28-19-6-4-17(5-7-19)15-23-22(27)24-16-18-10-12-25(13-11-18)21(26)9-8-20-3-2-14-29-20/h2-9,14,18H,10-13,15-16H2,1H3,(H2,23,24,27). The van der Waals surface area contributed by atoms with Gasteiger partial charge < -0.3 is 24.7 Å². The van der Waals surface area contributed by atoms with E-state index in [9.17, 15) is 9.59 Å². The Hall–Kier alpha value is -3.22. The van der Waals surface area contributed by atoms with E-state index < -0.39 is 0 Å². The van der Waals surface area contributed by atoms with Gasteiger partial charge in [0.2, 0.25) is 5.91 Å². The smallest absolute Gasteiger partial charge is 0.315 e. The zero-order valence-electron chi connectivity index (χ0n) is 16.6. The molecule has 1 fully saturated rings. The lowest BCUT2D eigenvalue weighted by Crippen LogP contribution is -2.43. The van der Waals surface area contributed by atoms with Gasteiger partial charge in [-0.3, -0.25) is 4.79 Å². The van der Waals surface area contributed by atoms with Gasteiger partial charge in [-0.25, -0.2) is 4.79 Å². The second kappa shape index (κ2) is 10.4. The molecule has 0 bridgehead atoms. The topological polar surface area (TPSA) is 83.8 Å². The minimum absolute atomic E-state index is 0.00922. The van der Waals surface area contributed by atoms with Crippen molar-refractivity contribution in [3.05, 3.63) is 60.1 Å². The average molecular weight is 397 g/mol. The Bertz CT molecular complexity index is 807. The van der Waals surface area contributed by atoms with Crippen molar-refractivity contribution < 1.29 is 18.7 Å². The van der Waals surface area contributed by atoms with E-state index in [0.717, 1.165) is 24.2 Å². The molecular weight excluding hydrogens is 370 g/mol. The van der Waals surface area contributed by atoms with Crippen molar-refractivity contribution in [2.24, 2.45) is 5.92 Å². The van der Waals surface area contributed by atoms with Crippen LogP contribution in [0.4, 0.5) is 4.79 Å². The highest BCUT2D eigenvalue weighted by Gasteiger charge is 2.21. The van der Waals surface area contributed by atoms with Crippen LogP contribution >= 0.6 is 0 Å². The zero-order valence-corrected chi connectivity index (χ0v) is 16.6. The number of urea groups is 1. The fourth-order valence-corrected chi connectivity index (χ4v) is 3.23. The predicted octanol–water partition coefficient (Wildman–Crippen LogP) is 3.04. The highest BCUT2D eigenvalue weighted by molar-refractivity contribution is 5.91. The maximum Gasteiger partial charge on any atom is 0.315 e. The Labute approximate surface area is 170 Å². The average Bonchev–Trinajstić information content (AvgIpc) is 3.29.